The summed E-state index contributed by atoms with van der Waals surface area (Å²) >= 11 is 1.82. The number of thioether (sulfide) groups is 1. The quantitative estimate of drug-likeness (QED) is 0.697. The number of carbonyl (C=O) groups is 1. The molecule has 0 aromatic rings. The molecule has 86 valence electrons. The van der Waals surface area contributed by atoms with E-state index in [4.69, 9.17) is 15.2 Å². The van der Waals surface area contributed by atoms with Crippen molar-refractivity contribution in [1.82, 2.24) is 0 Å². The molecule has 2 aliphatic rings. The second-order valence-corrected chi connectivity index (χ2v) is 5.18. The molecule has 0 aromatic carbocycles. The van der Waals surface area contributed by atoms with Crippen LogP contribution < -0.4 is 5.73 Å². The van der Waals surface area contributed by atoms with Gasteiger partial charge in [-0.25, -0.2) is 0 Å². The Balaban J connectivity index is 2.14. The van der Waals surface area contributed by atoms with Crippen LogP contribution in [0.3, 0.4) is 0 Å². The zero-order valence-corrected chi connectivity index (χ0v) is 9.72. The van der Waals surface area contributed by atoms with Gasteiger partial charge in [0.25, 0.3) is 0 Å². The Hall–Kier alpha value is -0.260. The first-order valence-corrected chi connectivity index (χ1v) is 6.49. The Morgan fingerprint density at radius 3 is 3.13 bits per heavy atom. The van der Waals surface area contributed by atoms with Crippen LogP contribution >= 0.6 is 11.8 Å². The zero-order chi connectivity index (χ0) is 10.9. The molecule has 3 unspecified atom stereocenters. The van der Waals surface area contributed by atoms with Gasteiger partial charge in [0.1, 0.15) is 5.92 Å². The molecule has 0 radical (unpaired) electrons. The van der Waals surface area contributed by atoms with E-state index in [1.54, 1.807) is 0 Å². The molecule has 2 heterocycles. The number of hydrogen-bond donors (Lipinski definition) is 1. The van der Waals surface area contributed by atoms with Crippen LogP contribution in [0.4, 0.5) is 0 Å². The molecule has 2 rings (SSSR count). The summed E-state index contributed by atoms with van der Waals surface area (Å²) in [4.78, 5) is 11.8. The number of ether oxygens (including phenoxy) is 2. The lowest BCUT2D eigenvalue weighted by Crippen LogP contribution is -2.46. The molecule has 0 saturated carbocycles. The van der Waals surface area contributed by atoms with Gasteiger partial charge in [0.2, 0.25) is 0 Å². The molecule has 0 aromatic heterocycles. The first-order valence-electron chi connectivity index (χ1n) is 5.33. The summed E-state index contributed by atoms with van der Waals surface area (Å²) in [5.41, 5.74) is 5.59. The van der Waals surface area contributed by atoms with Gasteiger partial charge in [-0.1, -0.05) is 0 Å². The van der Waals surface area contributed by atoms with E-state index in [9.17, 15) is 4.79 Å². The summed E-state index contributed by atoms with van der Waals surface area (Å²) < 4.78 is 10.8. The lowest BCUT2D eigenvalue weighted by molar-refractivity contribution is -0.153. The largest absolute Gasteiger partial charge is 0.466 e. The highest BCUT2D eigenvalue weighted by atomic mass is 32.2. The highest BCUT2D eigenvalue weighted by Gasteiger charge is 2.54. The highest BCUT2D eigenvalue weighted by Crippen LogP contribution is 2.43. The van der Waals surface area contributed by atoms with Crippen molar-refractivity contribution in [3.05, 3.63) is 0 Å². The molecule has 0 aliphatic carbocycles. The molecule has 0 bridgehead atoms. The minimum Gasteiger partial charge on any atom is -0.466 e. The number of carbonyl (C=O) groups excluding carboxylic acids is 1. The fraction of sp³-hybridized carbons (Fsp3) is 0.900. The van der Waals surface area contributed by atoms with Crippen molar-refractivity contribution in [3.63, 3.8) is 0 Å². The number of nitrogens with two attached hydrogens (primary N) is 1. The monoisotopic (exact) mass is 231 g/mol. The van der Waals surface area contributed by atoms with Gasteiger partial charge in [0.05, 0.1) is 18.8 Å². The Bertz CT molecular complexity index is 253. The molecule has 2 aliphatic heterocycles. The van der Waals surface area contributed by atoms with E-state index in [-0.39, 0.29) is 23.5 Å². The molecule has 5 heteroatoms. The molecule has 4 nitrogen and oxygen atoms in total. The molecule has 1 spiro atoms. The van der Waals surface area contributed by atoms with Crippen LogP contribution in [-0.2, 0) is 14.3 Å². The molecule has 0 amide bonds. The Kier molecular flexibility index (Phi) is 3.23. The third-order valence-electron chi connectivity index (χ3n) is 3.11. The molecular formula is C10H17NO3S. The zero-order valence-electron chi connectivity index (χ0n) is 8.90. The predicted molar refractivity (Wildman–Crippen MR) is 58.7 cm³/mol. The molecule has 2 N–H and O–H groups in total. The van der Waals surface area contributed by atoms with Crippen molar-refractivity contribution < 1.29 is 14.3 Å². The molecule has 2 fully saturated rings. The summed E-state index contributed by atoms with van der Waals surface area (Å²) in [5, 5.41) is 0. The van der Waals surface area contributed by atoms with Crippen molar-refractivity contribution in [3.8, 4) is 0 Å². The van der Waals surface area contributed by atoms with Crippen molar-refractivity contribution in [2.45, 2.75) is 25.0 Å². The summed E-state index contributed by atoms with van der Waals surface area (Å²) in [6.45, 7) is 2.70. The van der Waals surface area contributed by atoms with Crippen LogP contribution in [0.1, 0.15) is 13.3 Å². The second kappa shape index (κ2) is 4.31. The maximum atomic E-state index is 11.8. The molecule has 15 heavy (non-hydrogen) atoms. The lowest BCUT2D eigenvalue weighted by Gasteiger charge is -2.28. The minimum atomic E-state index is -0.337. The van der Waals surface area contributed by atoms with Gasteiger partial charge < -0.3 is 15.2 Å². The maximum absolute atomic E-state index is 11.8. The summed E-state index contributed by atoms with van der Waals surface area (Å²) in [5.74, 6) is 1.45. The van der Waals surface area contributed by atoms with Crippen LogP contribution in [-0.4, -0.2) is 42.3 Å². The van der Waals surface area contributed by atoms with Gasteiger partial charge in [-0.15, -0.1) is 0 Å². The van der Waals surface area contributed by atoms with Crippen LogP contribution in [0.5, 0.6) is 0 Å². The van der Waals surface area contributed by atoms with Crippen molar-refractivity contribution >= 4 is 17.7 Å². The second-order valence-electron chi connectivity index (χ2n) is 4.07. The highest BCUT2D eigenvalue weighted by molar-refractivity contribution is 7.99. The minimum absolute atomic E-state index is 0.190. The lowest BCUT2D eigenvalue weighted by atomic mass is 9.84. The average molecular weight is 231 g/mol. The first kappa shape index (κ1) is 11.2. The maximum Gasteiger partial charge on any atom is 0.313 e. The molecule has 2 saturated heterocycles. The normalized spacial score (nSPS) is 39.9. The van der Waals surface area contributed by atoms with Crippen molar-refractivity contribution in [2.24, 2.45) is 11.7 Å². The summed E-state index contributed by atoms with van der Waals surface area (Å²) in [6.07, 6.45) is 0.912. The smallest absolute Gasteiger partial charge is 0.313 e. The van der Waals surface area contributed by atoms with Crippen LogP contribution in [0, 0.1) is 5.92 Å². The summed E-state index contributed by atoms with van der Waals surface area (Å²) in [6, 6.07) is -0.206. The third kappa shape index (κ3) is 1.88. The van der Waals surface area contributed by atoms with Crippen molar-refractivity contribution in [2.75, 3.05) is 24.7 Å². The topological polar surface area (TPSA) is 61.5 Å². The van der Waals surface area contributed by atoms with Gasteiger partial charge >= 0.3 is 5.97 Å². The number of esters is 1. The van der Waals surface area contributed by atoms with Crippen LogP contribution in [0.2, 0.25) is 0 Å². The van der Waals surface area contributed by atoms with Gasteiger partial charge in [0, 0.05) is 11.8 Å². The van der Waals surface area contributed by atoms with Gasteiger partial charge in [0.15, 0.2) is 0 Å². The van der Waals surface area contributed by atoms with Gasteiger partial charge in [-0.3, -0.25) is 4.79 Å². The predicted octanol–water partition coefficient (Wildman–Crippen LogP) is 0.399. The SMILES string of the molecule is CCOC(=O)C1C(N)COC12CCSC2. The Labute approximate surface area is 93.9 Å². The Morgan fingerprint density at radius 2 is 2.53 bits per heavy atom. The van der Waals surface area contributed by atoms with Crippen LogP contribution in [0.25, 0.3) is 0 Å². The van der Waals surface area contributed by atoms with Crippen LogP contribution in [0.15, 0.2) is 0 Å². The number of rotatable bonds is 2. The number of hydrogen-bond acceptors (Lipinski definition) is 5. The summed E-state index contributed by atoms with van der Waals surface area (Å²) in [7, 11) is 0. The van der Waals surface area contributed by atoms with E-state index in [2.05, 4.69) is 0 Å². The fourth-order valence-electron chi connectivity index (χ4n) is 2.38. The van der Waals surface area contributed by atoms with E-state index in [1.165, 1.54) is 0 Å². The molecule has 3 atom stereocenters. The van der Waals surface area contributed by atoms with E-state index in [0.29, 0.717) is 13.2 Å². The average Bonchev–Trinajstić information content (AvgIpc) is 2.77. The Morgan fingerprint density at radius 1 is 1.73 bits per heavy atom. The van der Waals surface area contributed by atoms with Gasteiger partial charge in [-0.2, -0.15) is 11.8 Å². The standard InChI is InChI=1S/C10H17NO3S/c1-2-13-9(12)8-7(11)5-14-10(8)3-4-15-6-10/h7-8H,2-6,11H2,1H3. The van der Waals surface area contributed by atoms with E-state index in [0.717, 1.165) is 17.9 Å². The first-order chi connectivity index (χ1) is 7.19. The molecular weight excluding hydrogens is 214 g/mol. The van der Waals surface area contributed by atoms with E-state index < -0.39 is 0 Å². The van der Waals surface area contributed by atoms with Gasteiger partial charge in [-0.05, 0) is 19.1 Å². The van der Waals surface area contributed by atoms with Crippen molar-refractivity contribution in [1.29, 1.82) is 0 Å². The van der Waals surface area contributed by atoms with E-state index >= 15 is 0 Å². The third-order valence-corrected chi connectivity index (χ3v) is 4.30. The fourth-order valence-corrected chi connectivity index (χ4v) is 3.77. The van der Waals surface area contributed by atoms with E-state index in [1.807, 2.05) is 18.7 Å².